The fraction of sp³-hybridized carbons (Fsp3) is 0.209. The van der Waals surface area contributed by atoms with Crippen LogP contribution in [-0.4, -0.2) is 17.0 Å². The Hall–Kier alpha value is -5.63. The molecule has 8 heteroatoms. The number of aromatic nitrogens is 2. The van der Waals surface area contributed by atoms with Crippen molar-refractivity contribution in [2.24, 2.45) is 0 Å². The summed E-state index contributed by atoms with van der Waals surface area (Å²) in [6, 6.07) is 33.7. The summed E-state index contributed by atoms with van der Waals surface area (Å²) in [5.74, 6) is -4.01. The van der Waals surface area contributed by atoms with E-state index in [4.69, 9.17) is 4.74 Å². The Morgan fingerprint density at radius 2 is 1.10 bits per heavy atom. The first kappa shape index (κ1) is 35.2. The number of ether oxygens (including phenoxy) is 1. The first-order chi connectivity index (χ1) is 24.2. The molecule has 0 saturated heterocycles. The molecule has 6 aromatic rings. The molecule has 260 valence electrons. The van der Waals surface area contributed by atoms with Crippen LogP contribution >= 0.6 is 0 Å². The Balaban J connectivity index is 1.52. The van der Waals surface area contributed by atoms with Crippen LogP contribution in [0.4, 0.5) is 41.7 Å². The second-order valence-corrected chi connectivity index (χ2v) is 14.5. The highest BCUT2D eigenvalue weighted by Crippen LogP contribution is 2.42. The van der Waals surface area contributed by atoms with Gasteiger partial charge in [-0.05, 0) is 82.6 Å². The van der Waals surface area contributed by atoms with E-state index in [2.05, 4.69) is 30.7 Å². The van der Waals surface area contributed by atoms with Gasteiger partial charge in [0, 0.05) is 54.2 Å². The monoisotopic (exact) mass is 686 g/mol. The molecule has 0 N–H and O–H groups in total. The first-order valence-electron chi connectivity index (χ1n) is 16.8. The van der Waals surface area contributed by atoms with Gasteiger partial charge in [-0.1, -0.05) is 77.9 Å². The van der Waals surface area contributed by atoms with Crippen molar-refractivity contribution in [3.8, 4) is 22.8 Å². The Bertz CT molecular complexity index is 2120. The summed E-state index contributed by atoms with van der Waals surface area (Å²) in [4.78, 5) is 12.9. The lowest BCUT2D eigenvalue weighted by molar-refractivity contribution is 0.395. The molecule has 0 atom stereocenters. The van der Waals surface area contributed by atoms with Gasteiger partial charge in [0.25, 0.3) is 0 Å². The molecule has 0 radical (unpaired) electrons. The Labute approximate surface area is 298 Å². The fourth-order valence-electron chi connectivity index (χ4n) is 5.76. The maximum atomic E-state index is 15.6. The van der Waals surface area contributed by atoms with Crippen LogP contribution in [0.25, 0.3) is 11.3 Å². The lowest BCUT2D eigenvalue weighted by Crippen LogP contribution is -2.16. The molecule has 0 aliphatic rings. The summed E-state index contributed by atoms with van der Waals surface area (Å²) in [5, 5.41) is 0. The van der Waals surface area contributed by atoms with Crippen molar-refractivity contribution in [3.05, 3.63) is 150 Å². The molecule has 0 spiro atoms. The smallest absolute Gasteiger partial charge is 0.204 e. The second-order valence-electron chi connectivity index (χ2n) is 14.5. The van der Waals surface area contributed by atoms with E-state index in [9.17, 15) is 0 Å². The van der Waals surface area contributed by atoms with Gasteiger partial charge in [0.05, 0.1) is 11.4 Å². The number of para-hydroxylation sites is 2. The van der Waals surface area contributed by atoms with Crippen molar-refractivity contribution in [2.45, 2.75) is 52.4 Å². The highest BCUT2D eigenvalue weighted by Gasteiger charge is 2.25. The van der Waals surface area contributed by atoms with Crippen molar-refractivity contribution in [3.63, 3.8) is 0 Å². The Morgan fingerprint density at radius 1 is 0.549 bits per heavy atom. The summed E-state index contributed by atoms with van der Waals surface area (Å²) < 4.78 is 52.5. The minimum Gasteiger partial charge on any atom is -0.454 e. The van der Waals surface area contributed by atoms with Gasteiger partial charge in [-0.3, -0.25) is 4.98 Å². The van der Waals surface area contributed by atoms with Crippen molar-refractivity contribution in [1.82, 2.24) is 9.97 Å². The number of halogens is 3. The molecule has 0 aliphatic heterocycles. The van der Waals surface area contributed by atoms with Gasteiger partial charge in [0.1, 0.15) is 11.6 Å². The quantitative estimate of drug-likeness (QED) is 0.149. The molecule has 2 aromatic heterocycles. The minimum atomic E-state index is -1.64. The third-order valence-electron chi connectivity index (χ3n) is 8.75. The van der Waals surface area contributed by atoms with E-state index in [1.807, 2.05) is 123 Å². The van der Waals surface area contributed by atoms with Crippen LogP contribution < -0.4 is 14.5 Å². The molecule has 51 heavy (non-hydrogen) atoms. The third-order valence-corrected chi connectivity index (χ3v) is 8.75. The first-order valence-corrected chi connectivity index (χ1v) is 16.8. The Morgan fingerprint density at radius 3 is 1.69 bits per heavy atom. The van der Waals surface area contributed by atoms with Crippen molar-refractivity contribution >= 4 is 28.6 Å². The number of rotatable bonds is 8. The number of benzene rings is 4. The van der Waals surface area contributed by atoms with E-state index in [0.717, 1.165) is 22.5 Å². The molecular weight excluding hydrogens is 645 g/mol. The lowest BCUT2D eigenvalue weighted by Gasteiger charge is -2.28. The van der Waals surface area contributed by atoms with Gasteiger partial charge in [0.2, 0.25) is 5.82 Å². The van der Waals surface area contributed by atoms with E-state index < -0.39 is 23.2 Å². The van der Waals surface area contributed by atoms with Gasteiger partial charge < -0.3 is 14.5 Å². The highest BCUT2D eigenvalue weighted by molar-refractivity contribution is 5.80. The average Bonchev–Trinajstić information content (AvgIpc) is 3.12. The molecule has 4 aromatic carbocycles. The summed E-state index contributed by atoms with van der Waals surface area (Å²) in [5.41, 5.74) is 4.62. The topological polar surface area (TPSA) is 41.5 Å². The molecule has 6 rings (SSSR count). The van der Waals surface area contributed by atoms with Crippen LogP contribution in [0.5, 0.6) is 11.5 Å². The van der Waals surface area contributed by atoms with E-state index >= 15 is 13.2 Å². The van der Waals surface area contributed by atoms with Gasteiger partial charge in [0.15, 0.2) is 17.4 Å². The SMILES string of the molecule is CN(c1cc(Oc2cc(-c3cc(C(C)(C)C)ccn3)c(F)c(F)c2F)cc(N(c2ccccc2)c2ccccc2)c1)c1cc(C(C)(C)C)ccn1. The molecule has 0 amide bonds. The maximum absolute atomic E-state index is 15.6. The summed E-state index contributed by atoms with van der Waals surface area (Å²) in [6.45, 7) is 12.4. The summed E-state index contributed by atoms with van der Waals surface area (Å²) in [7, 11) is 1.89. The highest BCUT2D eigenvalue weighted by atomic mass is 19.2. The molecule has 2 heterocycles. The molecular formula is C43H41F3N4O. The van der Waals surface area contributed by atoms with Crippen LogP contribution in [-0.2, 0) is 10.8 Å². The molecule has 5 nitrogen and oxygen atoms in total. The number of hydrogen-bond donors (Lipinski definition) is 0. The molecule has 0 bridgehead atoms. The van der Waals surface area contributed by atoms with E-state index in [1.165, 1.54) is 12.3 Å². The zero-order chi connectivity index (χ0) is 36.5. The number of hydrogen-bond acceptors (Lipinski definition) is 5. The van der Waals surface area contributed by atoms with Crippen LogP contribution in [0.15, 0.2) is 122 Å². The van der Waals surface area contributed by atoms with Crippen molar-refractivity contribution < 1.29 is 17.9 Å². The van der Waals surface area contributed by atoms with Gasteiger partial charge in [-0.2, -0.15) is 4.39 Å². The minimum absolute atomic E-state index is 0.116. The van der Waals surface area contributed by atoms with Crippen molar-refractivity contribution in [2.75, 3.05) is 16.8 Å². The number of pyridine rings is 2. The van der Waals surface area contributed by atoms with Crippen LogP contribution in [0.1, 0.15) is 52.7 Å². The average molecular weight is 687 g/mol. The molecule has 0 saturated carbocycles. The second kappa shape index (κ2) is 13.9. The normalized spacial score (nSPS) is 11.7. The lowest BCUT2D eigenvalue weighted by atomic mass is 9.87. The number of anilines is 5. The van der Waals surface area contributed by atoms with Gasteiger partial charge in [-0.15, -0.1) is 0 Å². The summed E-state index contributed by atoms with van der Waals surface area (Å²) in [6.07, 6.45) is 3.31. The van der Waals surface area contributed by atoms with Crippen LogP contribution in [0, 0.1) is 17.5 Å². The largest absolute Gasteiger partial charge is 0.454 e. The van der Waals surface area contributed by atoms with Crippen LogP contribution in [0.3, 0.4) is 0 Å². The predicted molar refractivity (Wildman–Crippen MR) is 200 cm³/mol. The zero-order valence-electron chi connectivity index (χ0n) is 29.9. The fourth-order valence-corrected chi connectivity index (χ4v) is 5.76. The van der Waals surface area contributed by atoms with Gasteiger partial charge >= 0.3 is 0 Å². The molecule has 0 fully saturated rings. The third kappa shape index (κ3) is 7.60. The standard InChI is InChI=1S/C43H41F3N4O/c1-42(2,3)28-18-20-47-36(22-28)35-27-37(40(45)41(46)39(35)44)51-34-25-32(49(7)38-23-29(19-21-48-38)43(4,5)6)24-33(26-34)50(30-14-10-8-11-15-30)31-16-12-9-13-17-31/h8-27H,1-7H3. The maximum Gasteiger partial charge on any atom is 0.204 e. The zero-order valence-corrected chi connectivity index (χ0v) is 29.9. The van der Waals surface area contributed by atoms with E-state index in [1.54, 1.807) is 24.4 Å². The Kier molecular flexibility index (Phi) is 9.62. The van der Waals surface area contributed by atoms with Crippen molar-refractivity contribution in [1.29, 1.82) is 0 Å². The van der Waals surface area contributed by atoms with Gasteiger partial charge in [-0.25, -0.2) is 13.8 Å². The summed E-state index contributed by atoms with van der Waals surface area (Å²) >= 11 is 0. The predicted octanol–water partition coefficient (Wildman–Crippen LogP) is 12.2. The number of nitrogens with zero attached hydrogens (tertiary/aromatic N) is 4. The van der Waals surface area contributed by atoms with E-state index in [0.29, 0.717) is 17.2 Å². The van der Waals surface area contributed by atoms with Crippen LogP contribution in [0.2, 0.25) is 0 Å². The molecule has 0 unspecified atom stereocenters. The van der Waals surface area contributed by atoms with E-state index in [-0.39, 0.29) is 27.8 Å². The molecule has 0 aliphatic carbocycles.